The van der Waals surface area contributed by atoms with Gasteiger partial charge in [0.25, 0.3) is 11.8 Å². The van der Waals surface area contributed by atoms with Crippen LogP contribution in [-0.4, -0.2) is 21.8 Å². The van der Waals surface area contributed by atoms with Crippen LogP contribution < -0.4 is 10.6 Å². The fourth-order valence-electron chi connectivity index (χ4n) is 1.99. The first-order chi connectivity index (χ1) is 12.9. The summed E-state index contributed by atoms with van der Waals surface area (Å²) in [6, 6.07) is 6.22. The molecule has 27 heavy (non-hydrogen) atoms. The summed E-state index contributed by atoms with van der Waals surface area (Å²) in [5, 5.41) is 7.17. The van der Waals surface area contributed by atoms with E-state index in [2.05, 4.69) is 20.6 Å². The van der Waals surface area contributed by atoms with Crippen LogP contribution in [0.3, 0.4) is 0 Å². The van der Waals surface area contributed by atoms with Crippen LogP contribution in [0.2, 0.25) is 20.2 Å². The molecule has 2 amide bonds. The average molecular weight is 462 g/mol. The van der Waals surface area contributed by atoms with Crippen molar-refractivity contribution in [2.45, 2.75) is 0 Å². The zero-order chi connectivity index (χ0) is 19.6. The Bertz CT molecular complexity index is 1010. The van der Waals surface area contributed by atoms with Crippen LogP contribution in [0.5, 0.6) is 0 Å². The zero-order valence-corrected chi connectivity index (χ0v) is 16.9. The number of amides is 2. The van der Waals surface area contributed by atoms with Gasteiger partial charge < -0.3 is 5.32 Å². The standard InChI is InChI=1S/C16H8Cl4N4O2S/c17-9-10(18)12(23-13(20)11(9)19)15(26)22-8-3-1-7(2-4-8)14(25)24-16-21-5-6-27-16/h1-6H,(H,22,26)(H,21,24,25). The molecule has 2 heterocycles. The number of hydrogen-bond acceptors (Lipinski definition) is 5. The van der Waals surface area contributed by atoms with Gasteiger partial charge >= 0.3 is 0 Å². The molecule has 3 rings (SSSR count). The Labute approximate surface area is 177 Å². The lowest BCUT2D eigenvalue weighted by molar-refractivity contribution is 0.101. The second-order valence-electron chi connectivity index (χ2n) is 5.02. The van der Waals surface area contributed by atoms with Crippen molar-refractivity contribution >= 4 is 80.4 Å². The fraction of sp³-hybridized carbons (Fsp3) is 0. The predicted octanol–water partition coefficient (Wildman–Crippen LogP) is 5.66. The zero-order valence-electron chi connectivity index (χ0n) is 13.1. The van der Waals surface area contributed by atoms with E-state index in [1.807, 2.05) is 0 Å². The molecule has 0 atom stereocenters. The van der Waals surface area contributed by atoms with Gasteiger partial charge in [0.1, 0.15) is 10.8 Å². The van der Waals surface area contributed by atoms with Gasteiger partial charge in [0, 0.05) is 22.8 Å². The number of rotatable bonds is 4. The minimum atomic E-state index is -0.625. The molecule has 6 nitrogen and oxygen atoms in total. The minimum absolute atomic E-state index is 0.0320. The summed E-state index contributed by atoms with van der Waals surface area (Å²) in [5.41, 5.74) is 0.657. The lowest BCUT2D eigenvalue weighted by atomic mass is 10.2. The quantitative estimate of drug-likeness (QED) is 0.491. The molecule has 0 radical (unpaired) electrons. The van der Waals surface area contributed by atoms with E-state index >= 15 is 0 Å². The molecule has 0 saturated heterocycles. The van der Waals surface area contributed by atoms with E-state index < -0.39 is 5.91 Å². The number of nitrogens with zero attached hydrogens (tertiary/aromatic N) is 2. The highest BCUT2D eigenvalue weighted by Gasteiger charge is 2.20. The summed E-state index contributed by atoms with van der Waals surface area (Å²) < 4.78 is 0. The summed E-state index contributed by atoms with van der Waals surface area (Å²) in [6.07, 6.45) is 1.59. The number of pyridine rings is 1. The molecule has 2 N–H and O–H groups in total. The van der Waals surface area contributed by atoms with Gasteiger partial charge in [0.2, 0.25) is 0 Å². The molecule has 0 unspecified atom stereocenters. The minimum Gasteiger partial charge on any atom is -0.321 e. The maximum Gasteiger partial charge on any atom is 0.275 e. The summed E-state index contributed by atoms with van der Waals surface area (Å²) in [7, 11) is 0. The van der Waals surface area contributed by atoms with Crippen LogP contribution in [0.25, 0.3) is 0 Å². The largest absolute Gasteiger partial charge is 0.321 e. The Morgan fingerprint density at radius 2 is 1.59 bits per heavy atom. The molecule has 0 aliphatic heterocycles. The summed E-state index contributed by atoms with van der Waals surface area (Å²) in [6.45, 7) is 0. The number of hydrogen-bond donors (Lipinski definition) is 2. The molecule has 2 aromatic heterocycles. The van der Waals surface area contributed by atoms with E-state index in [1.54, 1.807) is 35.8 Å². The SMILES string of the molecule is O=C(Nc1nccs1)c1ccc(NC(=O)c2nc(Cl)c(Cl)c(Cl)c2Cl)cc1. The van der Waals surface area contributed by atoms with Crippen molar-refractivity contribution in [3.8, 4) is 0 Å². The highest BCUT2D eigenvalue weighted by Crippen LogP contribution is 2.36. The van der Waals surface area contributed by atoms with Crippen LogP contribution in [0.1, 0.15) is 20.8 Å². The normalized spacial score (nSPS) is 10.5. The number of anilines is 2. The van der Waals surface area contributed by atoms with Crippen LogP contribution in [0.4, 0.5) is 10.8 Å². The summed E-state index contributed by atoms with van der Waals surface area (Å²) in [4.78, 5) is 32.3. The number of thiazole rings is 1. The molecular weight excluding hydrogens is 454 g/mol. The smallest absolute Gasteiger partial charge is 0.275 e. The van der Waals surface area contributed by atoms with Gasteiger partial charge in [-0.15, -0.1) is 11.3 Å². The number of nitrogens with one attached hydrogen (secondary N) is 2. The number of halogens is 4. The first kappa shape index (κ1) is 19.9. The number of carbonyl (C=O) groups excluding carboxylic acids is 2. The van der Waals surface area contributed by atoms with E-state index in [0.29, 0.717) is 16.4 Å². The monoisotopic (exact) mass is 460 g/mol. The molecule has 3 aromatic rings. The Kier molecular flexibility index (Phi) is 6.18. The highest BCUT2D eigenvalue weighted by molar-refractivity contribution is 7.13. The molecule has 0 fully saturated rings. The lowest BCUT2D eigenvalue weighted by Crippen LogP contribution is -2.15. The molecule has 1 aromatic carbocycles. The van der Waals surface area contributed by atoms with Gasteiger partial charge in [-0.2, -0.15) is 0 Å². The Hall–Kier alpha value is -1.90. The van der Waals surface area contributed by atoms with E-state index in [9.17, 15) is 9.59 Å². The topological polar surface area (TPSA) is 84.0 Å². The number of benzene rings is 1. The van der Waals surface area contributed by atoms with Gasteiger partial charge in [-0.1, -0.05) is 46.4 Å². The van der Waals surface area contributed by atoms with E-state index in [0.717, 1.165) is 0 Å². The Morgan fingerprint density at radius 1 is 0.889 bits per heavy atom. The molecular formula is C16H8Cl4N4O2S. The number of carbonyl (C=O) groups is 2. The molecule has 0 aliphatic rings. The molecule has 0 spiro atoms. The van der Waals surface area contributed by atoms with E-state index in [-0.39, 0.29) is 31.8 Å². The van der Waals surface area contributed by atoms with Crippen molar-refractivity contribution in [2.24, 2.45) is 0 Å². The summed E-state index contributed by atoms with van der Waals surface area (Å²) in [5.74, 6) is -0.941. The van der Waals surface area contributed by atoms with Crippen molar-refractivity contribution in [3.05, 3.63) is 67.3 Å². The van der Waals surface area contributed by atoms with Crippen LogP contribution >= 0.6 is 57.7 Å². The van der Waals surface area contributed by atoms with Gasteiger partial charge in [-0.25, -0.2) is 9.97 Å². The lowest BCUT2D eigenvalue weighted by Gasteiger charge is -2.09. The highest BCUT2D eigenvalue weighted by atomic mass is 35.5. The van der Waals surface area contributed by atoms with Crippen molar-refractivity contribution in [3.63, 3.8) is 0 Å². The third-order valence-electron chi connectivity index (χ3n) is 3.26. The van der Waals surface area contributed by atoms with E-state index in [4.69, 9.17) is 46.4 Å². The van der Waals surface area contributed by atoms with Gasteiger partial charge in [0.05, 0.1) is 15.1 Å². The maximum absolute atomic E-state index is 12.4. The summed E-state index contributed by atoms with van der Waals surface area (Å²) >= 11 is 24.9. The van der Waals surface area contributed by atoms with E-state index in [1.165, 1.54) is 11.3 Å². The predicted molar refractivity (Wildman–Crippen MR) is 109 cm³/mol. The molecule has 0 saturated carbocycles. The first-order valence-electron chi connectivity index (χ1n) is 7.19. The first-order valence-corrected chi connectivity index (χ1v) is 9.58. The van der Waals surface area contributed by atoms with Crippen molar-refractivity contribution in [1.82, 2.24) is 9.97 Å². The maximum atomic E-state index is 12.4. The third kappa shape index (κ3) is 4.51. The van der Waals surface area contributed by atoms with Gasteiger partial charge in [-0.05, 0) is 24.3 Å². The third-order valence-corrected chi connectivity index (χ3v) is 5.62. The average Bonchev–Trinajstić information content (AvgIpc) is 3.16. The second kappa shape index (κ2) is 8.41. The molecule has 0 aliphatic carbocycles. The molecule has 138 valence electrons. The molecule has 0 bridgehead atoms. The van der Waals surface area contributed by atoms with Crippen LogP contribution in [0.15, 0.2) is 35.8 Å². The fourth-order valence-corrected chi connectivity index (χ4v) is 3.33. The van der Waals surface area contributed by atoms with Gasteiger partial charge in [0.15, 0.2) is 5.13 Å². The van der Waals surface area contributed by atoms with Crippen LogP contribution in [0, 0.1) is 0 Å². The Balaban J connectivity index is 1.73. The van der Waals surface area contributed by atoms with Crippen molar-refractivity contribution < 1.29 is 9.59 Å². The molecule has 11 heteroatoms. The number of aromatic nitrogens is 2. The van der Waals surface area contributed by atoms with Crippen molar-refractivity contribution in [2.75, 3.05) is 10.6 Å². The van der Waals surface area contributed by atoms with Gasteiger partial charge in [-0.3, -0.25) is 14.9 Å². The van der Waals surface area contributed by atoms with Crippen LogP contribution in [-0.2, 0) is 0 Å². The Morgan fingerprint density at radius 3 is 2.22 bits per heavy atom. The van der Waals surface area contributed by atoms with Crippen molar-refractivity contribution in [1.29, 1.82) is 0 Å². The second-order valence-corrected chi connectivity index (χ2v) is 7.40.